The summed E-state index contributed by atoms with van der Waals surface area (Å²) < 4.78 is 10.8. The average molecular weight is 396 g/mol. The molecule has 0 spiro atoms. The van der Waals surface area contributed by atoms with Gasteiger partial charge in [-0.25, -0.2) is 9.59 Å². The van der Waals surface area contributed by atoms with E-state index in [0.29, 0.717) is 21.9 Å². The summed E-state index contributed by atoms with van der Waals surface area (Å²) >= 11 is 1.09. The smallest absolute Gasteiger partial charge is 0.348 e. The number of nitrogens with one attached hydrogen (secondary N) is 1. The van der Waals surface area contributed by atoms with Crippen molar-refractivity contribution < 1.29 is 23.9 Å². The van der Waals surface area contributed by atoms with Gasteiger partial charge in [-0.1, -0.05) is 19.8 Å². The van der Waals surface area contributed by atoms with Crippen LogP contribution in [0.1, 0.15) is 90.8 Å². The van der Waals surface area contributed by atoms with E-state index in [1.54, 1.807) is 13.8 Å². The maximum atomic E-state index is 12.7. The lowest BCUT2D eigenvalue weighted by molar-refractivity contribution is -0.116. The lowest BCUT2D eigenvalue weighted by Gasteiger charge is -2.21. The number of carbonyl (C=O) groups excluding carboxylic acids is 3. The largest absolute Gasteiger partial charge is 0.462 e. The van der Waals surface area contributed by atoms with Crippen LogP contribution in [0.4, 0.5) is 5.00 Å². The number of thiophene rings is 1. The Morgan fingerprint density at radius 2 is 1.81 bits per heavy atom. The third kappa shape index (κ3) is 5.79. The second-order valence-electron chi connectivity index (χ2n) is 6.80. The number of esters is 2. The van der Waals surface area contributed by atoms with Gasteiger partial charge < -0.3 is 14.8 Å². The zero-order chi connectivity index (χ0) is 19.8. The fourth-order valence-electron chi connectivity index (χ4n) is 3.16. The highest BCUT2D eigenvalue weighted by molar-refractivity contribution is 7.18. The Kier molecular flexibility index (Phi) is 8.28. The van der Waals surface area contributed by atoms with Crippen LogP contribution < -0.4 is 5.32 Å². The molecule has 1 heterocycles. The SMILES string of the molecule is CCCCC(=O)Nc1sc(C(=O)OC2CCCCC2)c(C)c1C(=O)OCC. The highest BCUT2D eigenvalue weighted by atomic mass is 32.1. The second-order valence-corrected chi connectivity index (χ2v) is 7.82. The van der Waals surface area contributed by atoms with Crippen molar-refractivity contribution in [1.82, 2.24) is 0 Å². The van der Waals surface area contributed by atoms with Crippen LogP contribution in [-0.2, 0) is 14.3 Å². The van der Waals surface area contributed by atoms with Gasteiger partial charge >= 0.3 is 11.9 Å². The van der Waals surface area contributed by atoms with Crippen LogP contribution in [0.3, 0.4) is 0 Å². The molecule has 1 amide bonds. The van der Waals surface area contributed by atoms with E-state index in [9.17, 15) is 14.4 Å². The van der Waals surface area contributed by atoms with Gasteiger partial charge in [-0.05, 0) is 51.5 Å². The predicted molar refractivity (Wildman–Crippen MR) is 105 cm³/mol. The van der Waals surface area contributed by atoms with Crippen LogP contribution in [-0.4, -0.2) is 30.6 Å². The Balaban J connectivity index is 2.23. The molecule has 1 N–H and O–H groups in total. The molecule has 0 atom stereocenters. The third-order valence-electron chi connectivity index (χ3n) is 4.65. The first-order valence-corrected chi connectivity index (χ1v) is 10.6. The van der Waals surface area contributed by atoms with Crippen molar-refractivity contribution >= 4 is 34.2 Å². The number of hydrogen-bond acceptors (Lipinski definition) is 6. The molecule has 6 nitrogen and oxygen atoms in total. The van der Waals surface area contributed by atoms with Crippen LogP contribution >= 0.6 is 11.3 Å². The standard InChI is InChI=1S/C20H29NO5S/c1-4-6-12-15(22)21-18-16(19(23)25-5-2)13(3)17(27-18)20(24)26-14-10-8-7-9-11-14/h14H,4-12H2,1-3H3,(H,21,22). The Bertz CT molecular complexity index is 676. The molecule has 0 radical (unpaired) electrons. The molecule has 1 aromatic rings. The molecule has 1 aliphatic carbocycles. The number of anilines is 1. The van der Waals surface area contributed by atoms with E-state index in [1.165, 1.54) is 6.42 Å². The van der Waals surface area contributed by atoms with E-state index < -0.39 is 11.9 Å². The van der Waals surface area contributed by atoms with Gasteiger partial charge in [0.15, 0.2) is 0 Å². The van der Waals surface area contributed by atoms with E-state index in [2.05, 4.69) is 5.32 Å². The number of hydrogen-bond donors (Lipinski definition) is 1. The number of amides is 1. The zero-order valence-corrected chi connectivity index (χ0v) is 17.2. The van der Waals surface area contributed by atoms with Gasteiger partial charge in [0.05, 0.1) is 12.2 Å². The van der Waals surface area contributed by atoms with E-state index in [0.717, 1.165) is 49.9 Å². The molecule has 7 heteroatoms. The minimum atomic E-state index is -0.534. The Morgan fingerprint density at radius 3 is 2.44 bits per heavy atom. The van der Waals surface area contributed by atoms with E-state index in [4.69, 9.17) is 9.47 Å². The first-order chi connectivity index (χ1) is 13.0. The molecule has 0 bridgehead atoms. The maximum absolute atomic E-state index is 12.7. The van der Waals surface area contributed by atoms with Gasteiger partial charge in [0.1, 0.15) is 16.0 Å². The summed E-state index contributed by atoms with van der Waals surface area (Å²) in [5, 5.41) is 3.14. The summed E-state index contributed by atoms with van der Waals surface area (Å²) in [5.74, 6) is -1.13. The van der Waals surface area contributed by atoms with Gasteiger partial charge in [-0.3, -0.25) is 4.79 Å². The van der Waals surface area contributed by atoms with E-state index >= 15 is 0 Å². The summed E-state index contributed by atoms with van der Waals surface area (Å²) in [4.78, 5) is 37.5. The van der Waals surface area contributed by atoms with Crippen molar-refractivity contribution in [3.8, 4) is 0 Å². The molecule has 0 saturated heterocycles. The highest BCUT2D eigenvalue weighted by Gasteiger charge is 2.29. The summed E-state index contributed by atoms with van der Waals surface area (Å²) in [6, 6.07) is 0. The topological polar surface area (TPSA) is 81.7 Å². The van der Waals surface area contributed by atoms with E-state index in [1.807, 2.05) is 6.92 Å². The molecule has 1 fully saturated rings. The lowest BCUT2D eigenvalue weighted by atomic mass is 9.98. The predicted octanol–water partition coefficient (Wildman–Crippen LogP) is 4.85. The molecule has 27 heavy (non-hydrogen) atoms. The molecule has 0 aliphatic heterocycles. The molecule has 0 unspecified atom stereocenters. The molecule has 0 aromatic carbocycles. The number of ether oxygens (including phenoxy) is 2. The molecule has 1 saturated carbocycles. The van der Waals surface area contributed by atoms with Crippen molar-refractivity contribution in [2.45, 2.75) is 78.2 Å². The third-order valence-corrected chi connectivity index (χ3v) is 5.84. The Hall–Kier alpha value is -1.89. The monoisotopic (exact) mass is 395 g/mol. The van der Waals surface area contributed by atoms with Gasteiger partial charge in [0, 0.05) is 6.42 Å². The van der Waals surface area contributed by atoms with Crippen molar-refractivity contribution in [3.05, 3.63) is 16.0 Å². The van der Waals surface area contributed by atoms with Gasteiger partial charge in [-0.15, -0.1) is 11.3 Å². The fourth-order valence-corrected chi connectivity index (χ4v) is 4.25. The second kappa shape index (κ2) is 10.4. The van der Waals surface area contributed by atoms with Crippen molar-refractivity contribution in [3.63, 3.8) is 0 Å². The minimum Gasteiger partial charge on any atom is -0.462 e. The zero-order valence-electron chi connectivity index (χ0n) is 16.4. The van der Waals surface area contributed by atoms with Gasteiger partial charge in [0.25, 0.3) is 0 Å². The molecule has 2 rings (SSSR count). The highest BCUT2D eigenvalue weighted by Crippen LogP contribution is 2.35. The van der Waals surface area contributed by atoms with Gasteiger partial charge in [0.2, 0.25) is 5.91 Å². The first-order valence-electron chi connectivity index (χ1n) is 9.79. The maximum Gasteiger partial charge on any atom is 0.348 e. The normalized spacial score (nSPS) is 14.6. The number of rotatable bonds is 8. The van der Waals surface area contributed by atoms with Crippen LogP contribution in [0.2, 0.25) is 0 Å². The summed E-state index contributed by atoms with van der Waals surface area (Å²) in [6.07, 6.45) is 7.03. The average Bonchev–Trinajstić information content (AvgIpc) is 2.97. The van der Waals surface area contributed by atoms with Crippen molar-refractivity contribution in [2.75, 3.05) is 11.9 Å². The van der Waals surface area contributed by atoms with Crippen molar-refractivity contribution in [1.29, 1.82) is 0 Å². The first kappa shape index (κ1) is 21.4. The quantitative estimate of drug-likeness (QED) is 0.636. The number of carbonyl (C=O) groups is 3. The van der Waals surface area contributed by atoms with Crippen LogP contribution in [0.25, 0.3) is 0 Å². The Labute approximate surface area is 164 Å². The molecule has 1 aliphatic rings. The summed E-state index contributed by atoms with van der Waals surface area (Å²) in [6.45, 7) is 5.64. The molecule has 150 valence electrons. The fraction of sp³-hybridized carbons (Fsp3) is 0.650. The van der Waals surface area contributed by atoms with Crippen LogP contribution in [0.5, 0.6) is 0 Å². The summed E-state index contributed by atoms with van der Waals surface area (Å²) in [5.41, 5.74) is 0.757. The molecular weight excluding hydrogens is 366 g/mol. The minimum absolute atomic E-state index is 0.0682. The van der Waals surface area contributed by atoms with E-state index in [-0.39, 0.29) is 24.2 Å². The molecular formula is C20H29NO5S. The summed E-state index contributed by atoms with van der Waals surface area (Å²) in [7, 11) is 0. The van der Waals surface area contributed by atoms with Gasteiger partial charge in [-0.2, -0.15) is 0 Å². The molecule has 1 aromatic heterocycles. The Morgan fingerprint density at radius 1 is 1.11 bits per heavy atom. The van der Waals surface area contributed by atoms with Crippen molar-refractivity contribution in [2.24, 2.45) is 0 Å². The lowest BCUT2D eigenvalue weighted by Crippen LogP contribution is -2.21. The van der Waals surface area contributed by atoms with Crippen LogP contribution in [0, 0.1) is 6.92 Å². The number of unbranched alkanes of at least 4 members (excludes halogenated alkanes) is 1. The van der Waals surface area contributed by atoms with Crippen LogP contribution in [0.15, 0.2) is 0 Å².